The highest BCUT2D eigenvalue weighted by atomic mass is 35.5. The van der Waals surface area contributed by atoms with E-state index in [-0.39, 0.29) is 11.9 Å². The zero-order chi connectivity index (χ0) is 26.8. The Morgan fingerprint density at radius 1 is 0.692 bits per heavy atom. The molecular weight excluding hydrogens is 525 g/mol. The van der Waals surface area contributed by atoms with Gasteiger partial charge in [-0.05, 0) is 35.4 Å². The molecule has 0 unspecified atom stereocenters. The lowest BCUT2D eigenvalue weighted by atomic mass is 9.96. The quantitative estimate of drug-likeness (QED) is 0.224. The number of para-hydroxylation sites is 1. The van der Waals surface area contributed by atoms with E-state index in [9.17, 15) is 4.79 Å². The SMILES string of the molecule is O=C(c1cc(-c2ccc(Cl)c(Cl)c2)nc2ccccc12)N1CCN(C(c2ccccc2)c2ccccc2)CC1. The maximum Gasteiger partial charge on any atom is 0.254 e. The van der Waals surface area contributed by atoms with Gasteiger partial charge in [-0.15, -0.1) is 0 Å². The van der Waals surface area contributed by atoms with Crippen molar-refractivity contribution >= 4 is 40.0 Å². The molecule has 194 valence electrons. The molecule has 0 bridgehead atoms. The van der Waals surface area contributed by atoms with Gasteiger partial charge in [0.15, 0.2) is 0 Å². The Morgan fingerprint density at radius 2 is 1.31 bits per heavy atom. The summed E-state index contributed by atoms with van der Waals surface area (Å²) in [6.45, 7) is 2.85. The van der Waals surface area contributed by atoms with Gasteiger partial charge in [0.05, 0.1) is 32.9 Å². The first-order valence-electron chi connectivity index (χ1n) is 13.1. The van der Waals surface area contributed by atoms with Crippen LogP contribution in [0.5, 0.6) is 0 Å². The number of carbonyl (C=O) groups is 1. The number of nitrogens with zero attached hydrogens (tertiary/aromatic N) is 3. The van der Waals surface area contributed by atoms with Crippen LogP contribution in [0, 0.1) is 0 Å². The molecular formula is C33H27Cl2N3O. The smallest absolute Gasteiger partial charge is 0.254 e. The number of carbonyl (C=O) groups excluding carboxylic acids is 1. The number of aromatic nitrogens is 1. The minimum absolute atomic E-state index is 0.0190. The molecule has 1 aliphatic rings. The Bertz CT molecular complexity index is 1580. The van der Waals surface area contributed by atoms with Crippen LogP contribution in [0.3, 0.4) is 0 Å². The van der Waals surface area contributed by atoms with Crippen molar-refractivity contribution in [3.05, 3.63) is 136 Å². The van der Waals surface area contributed by atoms with E-state index in [0.717, 1.165) is 29.6 Å². The molecule has 6 rings (SSSR count). The molecule has 0 radical (unpaired) electrons. The van der Waals surface area contributed by atoms with Gasteiger partial charge in [-0.3, -0.25) is 9.69 Å². The number of halogens is 2. The van der Waals surface area contributed by atoms with Crippen molar-refractivity contribution in [1.29, 1.82) is 0 Å². The Kier molecular flexibility index (Phi) is 7.34. The van der Waals surface area contributed by atoms with E-state index in [1.165, 1.54) is 11.1 Å². The summed E-state index contributed by atoms with van der Waals surface area (Å²) < 4.78 is 0. The predicted octanol–water partition coefficient (Wildman–Crippen LogP) is 7.76. The number of fused-ring (bicyclic) bond motifs is 1. The molecule has 0 atom stereocenters. The van der Waals surface area contributed by atoms with E-state index in [4.69, 9.17) is 28.2 Å². The monoisotopic (exact) mass is 551 g/mol. The summed E-state index contributed by atoms with van der Waals surface area (Å²) in [5.74, 6) is 0.0190. The van der Waals surface area contributed by atoms with Gasteiger partial charge in [0.2, 0.25) is 0 Å². The lowest BCUT2D eigenvalue weighted by Gasteiger charge is -2.40. The lowest BCUT2D eigenvalue weighted by molar-refractivity contribution is 0.0599. The van der Waals surface area contributed by atoms with E-state index >= 15 is 0 Å². The third-order valence-corrected chi connectivity index (χ3v) is 8.10. The van der Waals surface area contributed by atoms with E-state index in [1.807, 2.05) is 53.4 Å². The van der Waals surface area contributed by atoms with Crippen LogP contribution in [0.15, 0.2) is 109 Å². The molecule has 1 aliphatic heterocycles. The van der Waals surface area contributed by atoms with Gasteiger partial charge in [-0.25, -0.2) is 4.98 Å². The number of amides is 1. The van der Waals surface area contributed by atoms with E-state index < -0.39 is 0 Å². The third kappa shape index (κ3) is 5.28. The number of piperazine rings is 1. The van der Waals surface area contributed by atoms with Gasteiger partial charge in [0.25, 0.3) is 5.91 Å². The van der Waals surface area contributed by atoms with Crippen molar-refractivity contribution in [1.82, 2.24) is 14.8 Å². The Labute approximate surface area is 238 Å². The highest BCUT2D eigenvalue weighted by Gasteiger charge is 2.29. The molecule has 1 amide bonds. The van der Waals surface area contributed by atoms with Crippen LogP contribution >= 0.6 is 23.2 Å². The van der Waals surface area contributed by atoms with Crippen molar-refractivity contribution in [2.24, 2.45) is 0 Å². The molecule has 0 N–H and O–H groups in total. The molecule has 0 spiro atoms. The second-order valence-corrected chi connectivity index (χ2v) is 10.6. The van der Waals surface area contributed by atoms with Gasteiger partial charge < -0.3 is 4.90 Å². The third-order valence-electron chi connectivity index (χ3n) is 7.36. The number of hydrogen-bond donors (Lipinski definition) is 0. The van der Waals surface area contributed by atoms with Crippen LogP contribution in [0.25, 0.3) is 22.2 Å². The predicted molar refractivity (Wildman–Crippen MR) is 159 cm³/mol. The normalized spacial score (nSPS) is 14.2. The number of benzene rings is 4. The highest BCUT2D eigenvalue weighted by Crippen LogP contribution is 2.32. The largest absolute Gasteiger partial charge is 0.336 e. The minimum atomic E-state index is 0.0190. The van der Waals surface area contributed by atoms with E-state index in [2.05, 4.69) is 53.4 Å². The van der Waals surface area contributed by atoms with Crippen LogP contribution in [0.1, 0.15) is 27.5 Å². The summed E-state index contributed by atoms with van der Waals surface area (Å²) in [5.41, 5.74) is 5.46. The Morgan fingerprint density at radius 3 is 1.95 bits per heavy atom. The van der Waals surface area contributed by atoms with E-state index in [1.54, 1.807) is 12.1 Å². The average molecular weight is 553 g/mol. The van der Waals surface area contributed by atoms with Crippen LogP contribution in [0.2, 0.25) is 10.0 Å². The van der Waals surface area contributed by atoms with Crippen molar-refractivity contribution in [2.75, 3.05) is 26.2 Å². The van der Waals surface area contributed by atoms with Crippen LogP contribution in [-0.4, -0.2) is 46.9 Å². The minimum Gasteiger partial charge on any atom is -0.336 e. The zero-order valence-corrected chi connectivity index (χ0v) is 22.8. The van der Waals surface area contributed by atoms with Gasteiger partial charge in [0.1, 0.15) is 0 Å². The summed E-state index contributed by atoms with van der Waals surface area (Å²) in [5, 5.41) is 1.79. The van der Waals surface area contributed by atoms with Crippen molar-refractivity contribution in [3.63, 3.8) is 0 Å². The fourth-order valence-electron chi connectivity index (χ4n) is 5.39. The lowest BCUT2D eigenvalue weighted by Crippen LogP contribution is -2.49. The maximum absolute atomic E-state index is 14.0. The van der Waals surface area contributed by atoms with Gasteiger partial charge in [0, 0.05) is 37.1 Å². The molecule has 1 saturated heterocycles. The van der Waals surface area contributed by atoms with Crippen molar-refractivity contribution in [2.45, 2.75) is 6.04 Å². The van der Waals surface area contributed by atoms with Crippen LogP contribution < -0.4 is 0 Å². The molecule has 2 heterocycles. The fourth-order valence-corrected chi connectivity index (χ4v) is 5.69. The fraction of sp³-hybridized carbons (Fsp3) is 0.152. The molecule has 4 nitrogen and oxygen atoms in total. The molecule has 6 heteroatoms. The molecule has 5 aromatic rings. The number of hydrogen-bond acceptors (Lipinski definition) is 3. The number of rotatable bonds is 5. The molecule has 0 aliphatic carbocycles. The van der Waals surface area contributed by atoms with E-state index in [0.29, 0.717) is 34.4 Å². The molecule has 1 fully saturated rings. The van der Waals surface area contributed by atoms with Crippen molar-refractivity contribution in [3.8, 4) is 11.3 Å². The summed E-state index contributed by atoms with van der Waals surface area (Å²) >= 11 is 12.4. The average Bonchev–Trinajstić information content (AvgIpc) is 2.99. The van der Waals surface area contributed by atoms with Gasteiger partial charge in [-0.1, -0.05) is 108 Å². The summed E-state index contributed by atoms with van der Waals surface area (Å²) in [4.78, 5) is 23.2. The molecule has 1 aromatic heterocycles. The van der Waals surface area contributed by atoms with Gasteiger partial charge in [-0.2, -0.15) is 0 Å². The Balaban J connectivity index is 1.28. The molecule has 39 heavy (non-hydrogen) atoms. The first-order valence-corrected chi connectivity index (χ1v) is 13.8. The molecule has 0 saturated carbocycles. The van der Waals surface area contributed by atoms with Crippen LogP contribution in [0.4, 0.5) is 0 Å². The maximum atomic E-state index is 14.0. The first kappa shape index (κ1) is 25.6. The van der Waals surface area contributed by atoms with Crippen LogP contribution in [-0.2, 0) is 0 Å². The highest BCUT2D eigenvalue weighted by molar-refractivity contribution is 6.42. The summed E-state index contributed by atoms with van der Waals surface area (Å²) in [6.07, 6.45) is 0. The number of pyridine rings is 1. The van der Waals surface area contributed by atoms with Gasteiger partial charge >= 0.3 is 0 Å². The summed E-state index contributed by atoms with van der Waals surface area (Å²) in [6, 6.07) is 36.4. The Hall–Kier alpha value is -3.70. The summed E-state index contributed by atoms with van der Waals surface area (Å²) in [7, 11) is 0. The first-order chi connectivity index (χ1) is 19.1. The van der Waals surface area contributed by atoms with Crippen molar-refractivity contribution < 1.29 is 4.79 Å². The standard InChI is InChI=1S/C33H27Cl2N3O/c34-28-16-15-25(21-29(28)35)31-22-27(26-13-7-8-14-30(26)36-31)33(39)38-19-17-37(18-20-38)32(23-9-3-1-4-10-23)24-11-5-2-6-12-24/h1-16,21-22,32H,17-20H2. The topological polar surface area (TPSA) is 36.4 Å². The second-order valence-electron chi connectivity index (χ2n) is 9.75. The molecule has 4 aromatic carbocycles. The zero-order valence-electron chi connectivity index (χ0n) is 21.3. The second kappa shape index (κ2) is 11.2.